The van der Waals surface area contributed by atoms with Crippen LogP contribution >= 0.6 is 12.4 Å². The Bertz CT molecular complexity index is 525. The molecule has 0 aromatic heterocycles. The van der Waals surface area contributed by atoms with Crippen LogP contribution < -0.4 is 10.6 Å². The van der Waals surface area contributed by atoms with Gasteiger partial charge in [-0.3, -0.25) is 9.69 Å². The van der Waals surface area contributed by atoms with Crippen LogP contribution in [0.25, 0.3) is 0 Å². The molecule has 0 bridgehead atoms. The van der Waals surface area contributed by atoms with E-state index in [1.807, 2.05) is 0 Å². The van der Waals surface area contributed by atoms with Crippen molar-refractivity contribution in [3.05, 3.63) is 35.9 Å². The van der Waals surface area contributed by atoms with Crippen molar-refractivity contribution >= 4 is 18.3 Å². The molecule has 0 spiro atoms. The molecule has 2 unspecified atom stereocenters. The molecular weight excluding hydrogens is 359 g/mol. The van der Waals surface area contributed by atoms with Gasteiger partial charge in [0.25, 0.3) is 5.91 Å². The first kappa shape index (κ1) is 21.7. The third kappa shape index (κ3) is 6.14. The van der Waals surface area contributed by atoms with Crippen LogP contribution in [0.4, 0.5) is 13.2 Å². The van der Waals surface area contributed by atoms with E-state index in [1.54, 1.807) is 30.3 Å². The van der Waals surface area contributed by atoms with Gasteiger partial charge in [0, 0.05) is 39.8 Å². The molecule has 25 heavy (non-hydrogen) atoms. The third-order valence-electron chi connectivity index (χ3n) is 4.02. The van der Waals surface area contributed by atoms with Gasteiger partial charge >= 0.3 is 6.18 Å². The molecule has 9 heteroatoms. The van der Waals surface area contributed by atoms with Gasteiger partial charge in [-0.1, -0.05) is 30.3 Å². The van der Waals surface area contributed by atoms with Gasteiger partial charge in [-0.25, -0.2) is 0 Å². The van der Waals surface area contributed by atoms with Crippen molar-refractivity contribution in [3.63, 3.8) is 0 Å². The average molecular weight is 382 g/mol. The number of alkyl halides is 3. The van der Waals surface area contributed by atoms with Gasteiger partial charge < -0.3 is 15.4 Å². The van der Waals surface area contributed by atoms with E-state index in [0.717, 1.165) is 0 Å². The number of nitrogens with one attached hydrogen (secondary N) is 2. The van der Waals surface area contributed by atoms with E-state index in [1.165, 1.54) is 12.0 Å². The number of hydrogen-bond acceptors (Lipinski definition) is 4. The summed E-state index contributed by atoms with van der Waals surface area (Å²) in [5.74, 6) is -0.576. The van der Waals surface area contributed by atoms with Crippen LogP contribution in [0.2, 0.25) is 0 Å². The lowest BCUT2D eigenvalue weighted by Crippen LogP contribution is -2.57. The largest absolute Gasteiger partial charge is 0.405 e. The highest BCUT2D eigenvalue weighted by Gasteiger charge is 2.44. The Morgan fingerprint density at radius 3 is 2.40 bits per heavy atom. The standard InChI is InChI=1S/C16H22F3N3O2.ClH/c1-24-14(12-5-3-2-4-6-12)15(23)21-11-13(16(17,18)19)22-9-7-20-8-10-22;/h2-6,13-14,20H,7-11H2,1H3,(H,21,23);1H. The molecule has 1 heterocycles. The minimum absolute atomic E-state index is 0. The van der Waals surface area contributed by atoms with Crippen molar-refractivity contribution in [1.82, 2.24) is 15.5 Å². The molecule has 1 fully saturated rings. The van der Waals surface area contributed by atoms with Crippen LogP contribution in [0, 0.1) is 0 Å². The van der Waals surface area contributed by atoms with Crippen LogP contribution in [-0.4, -0.2) is 62.9 Å². The van der Waals surface area contributed by atoms with Gasteiger partial charge in [-0.2, -0.15) is 13.2 Å². The summed E-state index contributed by atoms with van der Waals surface area (Å²) in [6.07, 6.45) is -5.33. The van der Waals surface area contributed by atoms with Crippen LogP contribution in [0.1, 0.15) is 11.7 Å². The summed E-state index contributed by atoms with van der Waals surface area (Å²) in [5, 5.41) is 5.41. The highest BCUT2D eigenvalue weighted by molar-refractivity contribution is 5.85. The Morgan fingerprint density at radius 1 is 1.28 bits per heavy atom. The lowest BCUT2D eigenvalue weighted by molar-refractivity contribution is -0.184. The highest BCUT2D eigenvalue weighted by Crippen LogP contribution is 2.25. The number of carbonyl (C=O) groups excluding carboxylic acids is 1. The number of methoxy groups -OCH3 is 1. The molecule has 0 saturated carbocycles. The fourth-order valence-corrected chi connectivity index (χ4v) is 2.76. The zero-order chi connectivity index (χ0) is 17.6. The number of nitrogens with zero attached hydrogens (tertiary/aromatic N) is 1. The molecule has 1 amide bonds. The minimum atomic E-state index is -4.40. The zero-order valence-corrected chi connectivity index (χ0v) is 14.7. The quantitative estimate of drug-likeness (QED) is 0.788. The summed E-state index contributed by atoms with van der Waals surface area (Å²) in [5.41, 5.74) is 0.600. The molecule has 142 valence electrons. The van der Waals surface area contributed by atoms with Crippen LogP contribution in [0.15, 0.2) is 30.3 Å². The second kappa shape index (κ2) is 9.96. The molecule has 2 atom stereocenters. The van der Waals surface area contributed by atoms with Crippen LogP contribution in [0.3, 0.4) is 0 Å². The van der Waals surface area contributed by atoms with E-state index >= 15 is 0 Å². The van der Waals surface area contributed by atoms with Crippen molar-refractivity contribution in [3.8, 4) is 0 Å². The van der Waals surface area contributed by atoms with Crippen molar-refractivity contribution in [1.29, 1.82) is 0 Å². The van der Waals surface area contributed by atoms with Gasteiger partial charge in [0.05, 0.1) is 0 Å². The maximum absolute atomic E-state index is 13.3. The maximum atomic E-state index is 13.3. The molecule has 2 N–H and O–H groups in total. The van der Waals surface area contributed by atoms with E-state index in [0.29, 0.717) is 31.7 Å². The monoisotopic (exact) mass is 381 g/mol. The van der Waals surface area contributed by atoms with Crippen LogP contribution in [-0.2, 0) is 9.53 Å². The molecule has 5 nitrogen and oxygen atoms in total. The normalized spacial score (nSPS) is 18.1. The van der Waals surface area contributed by atoms with Crippen molar-refractivity contribution in [2.24, 2.45) is 0 Å². The Labute approximate surface area is 151 Å². The molecule has 1 saturated heterocycles. The molecule has 2 rings (SSSR count). The van der Waals surface area contributed by atoms with E-state index in [-0.39, 0.29) is 12.4 Å². The summed E-state index contributed by atoms with van der Waals surface area (Å²) in [6.45, 7) is 1.12. The number of rotatable bonds is 6. The summed E-state index contributed by atoms with van der Waals surface area (Å²) in [4.78, 5) is 13.6. The topological polar surface area (TPSA) is 53.6 Å². The number of hydrogen-bond donors (Lipinski definition) is 2. The van der Waals surface area contributed by atoms with Gasteiger partial charge in [0.1, 0.15) is 6.04 Å². The van der Waals surface area contributed by atoms with Gasteiger partial charge in [-0.15, -0.1) is 12.4 Å². The highest BCUT2D eigenvalue weighted by atomic mass is 35.5. The molecule has 1 aromatic carbocycles. The van der Waals surface area contributed by atoms with Crippen molar-refractivity contribution < 1.29 is 22.7 Å². The predicted octanol–water partition coefficient (Wildman–Crippen LogP) is 1.75. The van der Waals surface area contributed by atoms with Gasteiger partial charge in [0.15, 0.2) is 6.10 Å². The van der Waals surface area contributed by atoms with E-state index < -0.39 is 30.8 Å². The SMILES string of the molecule is COC(C(=O)NCC(N1CCNCC1)C(F)(F)F)c1ccccc1.Cl. The molecule has 1 aliphatic heterocycles. The summed E-state index contributed by atoms with van der Waals surface area (Å²) >= 11 is 0. The molecule has 1 aromatic rings. The average Bonchev–Trinajstić information content (AvgIpc) is 2.56. The molecule has 1 aliphatic rings. The Balaban J connectivity index is 0.00000312. The lowest BCUT2D eigenvalue weighted by atomic mass is 10.1. The number of piperazine rings is 1. The smallest absolute Gasteiger partial charge is 0.367 e. The maximum Gasteiger partial charge on any atom is 0.405 e. The zero-order valence-electron chi connectivity index (χ0n) is 13.9. The van der Waals surface area contributed by atoms with E-state index in [9.17, 15) is 18.0 Å². The van der Waals surface area contributed by atoms with Gasteiger partial charge in [-0.05, 0) is 5.56 Å². The van der Waals surface area contributed by atoms with E-state index in [2.05, 4.69) is 10.6 Å². The van der Waals surface area contributed by atoms with Gasteiger partial charge in [0.2, 0.25) is 0 Å². The molecular formula is C16H23ClF3N3O2. The first-order valence-electron chi connectivity index (χ1n) is 7.80. The summed E-state index contributed by atoms with van der Waals surface area (Å²) < 4.78 is 45.1. The van der Waals surface area contributed by atoms with Crippen molar-refractivity contribution in [2.45, 2.75) is 18.3 Å². The summed E-state index contributed by atoms with van der Waals surface area (Å²) in [6, 6.07) is 6.98. The van der Waals surface area contributed by atoms with E-state index in [4.69, 9.17) is 4.74 Å². The summed E-state index contributed by atoms with van der Waals surface area (Å²) in [7, 11) is 1.36. The van der Waals surface area contributed by atoms with Crippen molar-refractivity contribution in [2.75, 3.05) is 39.8 Å². The Morgan fingerprint density at radius 2 is 1.88 bits per heavy atom. The first-order valence-corrected chi connectivity index (χ1v) is 7.80. The number of amides is 1. The Kier molecular flexibility index (Phi) is 8.64. The number of ether oxygens (including phenoxy) is 1. The number of carbonyl (C=O) groups is 1. The second-order valence-electron chi connectivity index (χ2n) is 5.61. The third-order valence-corrected chi connectivity index (χ3v) is 4.02. The molecule has 0 aliphatic carbocycles. The fourth-order valence-electron chi connectivity index (χ4n) is 2.76. The number of halogens is 4. The predicted molar refractivity (Wildman–Crippen MR) is 90.7 cm³/mol. The fraction of sp³-hybridized carbons (Fsp3) is 0.562. The van der Waals surface area contributed by atoms with Crippen LogP contribution in [0.5, 0.6) is 0 Å². The molecule has 0 radical (unpaired) electrons. The Hall–Kier alpha value is -1.35. The second-order valence-corrected chi connectivity index (χ2v) is 5.61. The lowest BCUT2D eigenvalue weighted by Gasteiger charge is -2.36. The number of benzene rings is 1. The minimum Gasteiger partial charge on any atom is -0.367 e. The first-order chi connectivity index (χ1) is 11.4.